The predicted octanol–water partition coefficient (Wildman–Crippen LogP) is 3.90. The fraction of sp³-hybridized carbons (Fsp3) is 0.286. The minimum Gasteiger partial charge on any atom is -0.322 e. The highest BCUT2D eigenvalue weighted by Gasteiger charge is 2.25. The Labute approximate surface area is 160 Å². The van der Waals surface area contributed by atoms with E-state index in [-0.39, 0.29) is 10.8 Å². The zero-order chi connectivity index (χ0) is 19.1. The smallest absolute Gasteiger partial charge is 0.248 e. The SMILES string of the molecule is O=C(/C=C/c1ccccc1)Nc1cccc(S(=O)(=O)N2CCCCCC2)c1. The van der Waals surface area contributed by atoms with Gasteiger partial charge in [-0.3, -0.25) is 4.79 Å². The molecule has 5 nitrogen and oxygen atoms in total. The first-order chi connectivity index (χ1) is 13.1. The number of amides is 1. The summed E-state index contributed by atoms with van der Waals surface area (Å²) < 4.78 is 27.3. The zero-order valence-electron chi connectivity index (χ0n) is 15.2. The number of sulfonamides is 1. The summed E-state index contributed by atoms with van der Waals surface area (Å²) in [5.41, 5.74) is 1.39. The second kappa shape index (κ2) is 8.97. The molecule has 0 aromatic heterocycles. The van der Waals surface area contributed by atoms with E-state index in [0.717, 1.165) is 31.2 Å². The lowest BCUT2D eigenvalue weighted by atomic mass is 10.2. The van der Waals surface area contributed by atoms with Gasteiger partial charge < -0.3 is 5.32 Å². The van der Waals surface area contributed by atoms with Crippen molar-refractivity contribution in [3.8, 4) is 0 Å². The molecule has 1 saturated heterocycles. The topological polar surface area (TPSA) is 66.5 Å². The first-order valence-corrected chi connectivity index (χ1v) is 10.6. The molecule has 1 heterocycles. The van der Waals surface area contributed by atoms with Crippen LogP contribution in [-0.4, -0.2) is 31.7 Å². The Morgan fingerprint density at radius 2 is 1.63 bits per heavy atom. The fourth-order valence-corrected chi connectivity index (χ4v) is 4.65. The molecule has 0 radical (unpaired) electrons. The van der Waals surface area contributed by atoms with Crippen LogP contribution in [0.3, 0.4) is 0 Å². The Morgan fingerprint density at radius 3 is 2.33 bits per heavy atom. The first kappa shape index (κ1) is 19.3. The van der Waals surface area contributed by atoms with Crippen molar-refractivity contribution < 1.29 is 13.2 Å². The fourth-order valence-electron chi connectivity index (χ4n) is 3.09. The van der Waals surface area contributed by atoms with Crippen LogP contribution in [0.15, 0.2) is 65.6 Å². The summed E-state index contributed by atoms with van der Waals surface area (Å²) in [6.45, 7) is 1.11. The van der Waals surface area contributed by atoms with E-state index in [1.54, 1.807) is 28.6 Å². The van der Waals surface area contributed by atoms with Crippen molar-refractivity contribution >= 4 is 27.7 Å². The number of carbonyl (C=O) groups is 1. The molecule has 0 atom stereocenters. The number of rotatable bonds is 5. The number of anilines is 1. The normalized spacial score (nSPS) is 16.1. The number of nitrogens with one attached hydrogen (secondary N) is 1. The van der Waals surface area contributed by atoms with Crippen LogP contribution in [0.4, 0.5) is 5.69 Å². The molecule has 0 saturated carbocycles. The molecule has 142 valence electrons. The molecule has 1 aliphatic rings. The van der Waals surface area contributed by atoms with E-state index >= 15 is 0 Å². The Kier molecular flexibility index (Phi) is 6.42. The minimum atomic E-state index is -3.53. The molecule has 2 aromatic rings. The third-order valence-electron chi connectivity index (χ3n) is 4.53. The van der Waals surface area contributed by atoms with Crippen molar-refractivity contribution in [3.05, 3.63) is 66.2 Å². The summed E-state index contributed by atoms with van der Waals surface area (Å²) in [6.07, 6.45) is 7.06. The molecule has 1 amide bonds. The lowest BCUT2D eigenvalue weighted by molar-refractivity contribution is -0.111. The number of hydrogen-bond acceptors (Lipinski definition) is 3. The van der Waals surface area contributed by atoms with Crippen molar-refractivity contribution in [2.24, 2.45) is 0 Å². The largest absolute Gasteiger partial charge is 0.322 e. The van der Waals surface area contributed by atoms with Gasteiger partial charge in [0.2, 0.25) is 15.9 Å². The van der Waals surface area contributed by atoms with Gasteiger partial charge in [-0.05, 0) is 42.7 Å². The second-order valence-corrected chi connectivity index (χ2v) is 8.52. The zero-order valence-corrected chi connectivity index (χ0v) is 16.0. The number of nitrogens with zero attached hydrogens (tertiary/aromatic N) is 1. The van der Waals surface area contributed by atoms with Crippen LogP contribution in [0.2, 0.25) is 0 Å². The maximum atomic E-state index is 12.9. The van der Waals surface area contributed by atoms with E-state index in [0.29, 0.717) is 18.8 Å². The molecule has 0 spiro atoms. The quantitative estimate of drug-likeness (QED) is 0.795. The number of hydrogen-bond donors (Lipinski definition) is 1. The van der Waals surface area contributed by atoms with Gasteiger partial charge in [-0.25, -0.2) is 8.42 Å². The molecule has 2 aromatic carbocycles. The van der Waals surface area contributed by atoms with Crippen LogP contribution in [0.1, 0.15) is 31.2 Å². The van der Waals surface area contributed by atoms with Gasteiger partial charge in [-0.2, -0.15) is 4.31 Å². The Morgan fingerprint density at radius 1 is 0.926 bits per heavy atom. The third kappa shape index (κ3) is 5.28. The van der Waals surface area contributed by atoms with E-state index in [9.17, 15) is 13.2 Å². The number of carbonyl (C=O) groups excluding carboxylic acids is 1. The van der Waals surface area contributed by atoms with Gasteiger partial charge in [0.15, 0.2) is 0 Å². The molecular weight excluding hydrogens is 360 g/mol. The van der Waals surface area contributed by atoms with Crippen molar-refractivity contribution in [1.29, 1.82) is 0 Å². The first-order valence-electron chi connectivity index (χ1n) is 9.20. The maximum absolute atomic E-state index is 12.9. The van der Waals surface area contributed by atoms with E-state index in [1.807, 2.05) is 30.3 Å². The van der Waals surface area contributed by atoms with Crippen molar-refractivity contribution in [1.82, 2.24) is 4.31 Å². The average Bonchev–Trinajstić information content (AvgIpc) is 2.97. The average molecular weight is 385 g/mol. The highest BCUT2D eigenvalue weighted by molar-refractivity contribution is 7.89. The summed E-state index contributed by atoms with van der Waals surface area (Å²) in [5.74, 6) is -0.303. The van der Waals surface area contributed by atoms with Crippen molar-refractivity contribution in [2.75, 3.05) is 18.4 Å². The Bertz CT molecular complexity index is 900. The van der Waals surface area contributed by atoms with Crippen LogP contribution < -0.4 is 5.32 Å². The lowest BCUT2D eigenvalue weighted by Gasteiger charge is -2.20. The minimum absolute atomic E-state index is 0.217. The van der Waals surface area contributed by atoms with Gasteiger partial charge in [0.05, 0.1) is 4.90 Å². The molecule has 27 heavy (non-hydrogen) atoms. The van der Waals surface area contributed by atoms with E-state index < -0.39 is 10.0 Å². The Hall–Kier alpha value is -2.44. The van der Waals surface area contributed by atoms with Gasteiger partial charge >= 0.3 is 0 Å². The van der Waals surface area contributed by atoms with E-state index in [4.69, 9.17) is 0 Å². The van der Waals surface area contributed by atoms with Gasteiger partial charge in [0, 0.05) is 24.9 Å². The summed E-state index contributed by atoms with van der Waals surface area (Å²) in [7, 11) is -3.53. The molecular formula is C21H24N2O3S. The van der Waals surface area contributed by atoms with Gasteiger partial charge in [-0.1, -0.05) is 49.2 Å². The van der Waals surface area contributed by atoms with E-state index in [2.05, 4.69) is 5.32 Å². The molecule has 6 heteroatoms. The molecule has 1 N–H and O–H groups in total. The summed E-state index contributed by atoms with van der Waals surface area (Å²) >= 11 is 0. The van der Waals surface area contributed by atoms with Crippen LogP contribution in [0, 0.1) is 0 Å². The van der Waals surface area contributed by atoms with Crippen molar-refractivity contribution in [3.63, 3.8) is 0 Å². The molecule has 3 rings (SSSR count). The number of benzene rings is 2. The van der Waals surface area contributed by atoms with Crippen LogP contribution >= 0.6 is 0 Å². The predicted molar refractivity (Wildman–Crippen MR) is 108 cm³/mol. The molecule has 0 bridgehead atoms. The van der Waals surface area contributed by atoms with Crippen LogP contribution in [0.25, 0.3) is 6.08 Å². The molecule has 1 aliphatic heterocycles. The highest BCUT2D eigenvalue weighted by atomic mass is 32.2. The van der Waals surface area contributed by atoms with Crippen molar-refractivity contribution in [2.45, 2.75) is 30.6 Å². The summed E-state index contributed by atoms with van der Waals surface area (Å²) in [6, 6.07) is 16.0. The standard InChI is InChI=1S/C21H24N2O3S/c24-21(14-13-18-9-4-3-5-10-18)22-19-11-8-12-20(17-19)27(25,26)23-15-6-1-2-7-16-23/h3-5,8-14,17H,1-2,6-7,15-16H2,(H,22,24)/b14-13+. The summed E-state index contributed by atoms with van der Waals surface area (Å²) in [5, 5.41) is 2.73. The van der Waals surface area contributed by atoms with Gasteiger partial charge in [-0.15, -0.1) is 0 Å². The third-order valence-corrected chi connectivity index (χ3v) is 6.43. The molecule has 1 fully saturated rings. The van der Waals surface area contributed by atoms with Gasteiger partial charge in [0.25, 0.3) is 0 Å². The molecule has 0 aliphatic carbocycles. The second-order valence-electron chi connectivity index (χ2n) is 6.58. The monoisotopic (exact) mass is 384 g/mol. The summed E-state index contributed by atoms with van der Waals surface area (Å²) in [4.78, 5) is 12.4. The van der Waals surface area contributed by atoms with Crippen LogP contribution in [0.5, 0.6) is 0 Å². The molecule has 0 unspecified atom stereocenters. The lowest BCUT2D eigenvalue weighted by Crippen LogP contribution is -2.32. The Balaban J connectivity index is 1.71. The highest BCUT2D eigenvalue weighted by Crippen LogP contribution is 2.22. The van der Waals surface area contributed by atoms with Gasteiger partial charge in [0.1, 0.15) is 0 Å². The maximum Gasteiger partial charge on any atom is 0.248 e. The van der Waals surface area contributed by atoms with Crippen LogP contribution in [-0.2, 0) is 14.8 Å². The van der Waals surface area contributed by atoms with E-state index in [1.165, 1.54) is 12.1 Å².